The third kappa shape index (κ3) is 1.33. The maximum Gasteiger partial charge on any atom is 0.338 e. The lowest BCUT2D eigenvalue weighted by Gasteiger charge is -1.99. The summed E-state index contributed by atoms with van der Waals surface area (Å²) < 4.78 is 0. The molecule has 2 rings (SSSR count). The summed E-state index contributed by atoms with van der Waals surface area (Å²) in [6.07, 6.45) is 5.71. The van der Waals surface area contributed by atoms with Crippen molar-refractivity contribution >= 4 is 5.97 Å². The van der Waals surface area contributed by atoms with Crippen LogP contribution in [0.4, 0.5) is 0 Å². The Morgan fingerprint density at radius 2 is 2.14 bits per heavy atom. The standard InChI is InChI=1S/C8H6N4O2/c13-8(14)6-4-12-11-3-5(6)7-9-1-2-10-7/h1-4H,(H,9,10)(H,13,14). The van der Waals surface area contributed by atoms with E-state index in [1.54, 1.807) is 12.4 Å². The van der Waals surface area contributed by atoms with Gasteiger partial charge in [-0.05, 0) is 0 Å². The van der Waals surface area contributed by atoms with E-state index in [0.717, 1.165) is 0 Å². The number of rotatable bonds is 2. The molecule has 6 nitrogen and oxygen atoms in total. The van der Waals surface area contributed by atoms with Crippen LogP contribution in [-0.2, 0) is 0 Å². The van der Waals surface area contributed by atoms with Crippen molar-refractivity contribution in [3.63, 3.8) is 0 Å². The Balaban J connectivity index is 2.58. The first-order valence-electron chi connectivity index (χ1n) is 3.83. The lowest BCUT2D eigenvalue weighted by atomic mass is 10.1. The van der Waals surface area contributed by atoms with Crippen LogP contribution in [0.2, 0.25) is 0 Å². The molecular weight excluding hydrogens is 184 g/mol. The summed E-state index contributed by atoms with van der Waals surface area (Å²) >= 11 is 0. The molecule has 2 aromatic rings. The Kier molecular flexibility index (Phi) is 1.94. The van der Waals surface area contributed by atoms with Gasteiger partial charge in [0.05, 0.1) is 23.5 Å². The third-order valence-corrected chi connectivity index (χ3v) is 1.71. The number of carboxylic acids is 1. The van der Waals surface area contributed by atoms with Crippen molar-refractivity contribution in [2.45, 2.75) is 0 Å². The first-order valence-corrected chi connectivity index (χ1v) is 3.83. The van der Waals surface area contributed by atoms with Gasteiger partial charge in [-0.15, -0.1) is 0 Å². The van der Waals surface area contributed by atoms with Gasteiger partial charge in [-0.1, -0.05) is 0 Å². The number of H-pyrrole nitrogens is 1. The molecular formula is C8H6N4O2. The Morgan fingerprint density at radius 3 is 2.79 bits per heavy atom. The molecule has 0 atom stereocenters. The summed E-state index contributed by atoms with van der Waals surface area (Å²) in [6.45, 7) is 0. The van der Waals surface area contributed by atoms with Crippen LogP contribution in [0.25, 0.3) is 11.4 Å². The van der Waals surface area contributed by atoms with Crippen LogP contribution in [0, 0.1) is 0 Å². The fraction of sp³-hybridized carbons (Fsp3) is 0. The summed E-state index contributed by atoms with van der Waals surface area (Å²) in [7, 11) is 0. The zero-order valence-electron chi connectivity index (χ0n) is 7.01. The number of aromatic nitrogens is 4. The van der Waals surface area contributed by atoms with Crippen LogP contribution in [0.1, 0.15) is 10.4 Å². The number of imidazole rings is 1. The molecule has 0 spiro atoms. The monoisotopic (exact) mass is 190 g/mol. The maximum absolute atomic E-state index is 10.8. The van der Waals surface area contributed by atoms with Gasteiger partial charge in [0.25, 0.3) is 0 Å². The Labute approximate surface area is 78.6 Å². The van der Waals surface area contributed by atoms with Crippen LogP contribution in [0.3, 0.4) is 0 Å². The molecule has 70 valence electrons. The number of carboxylic acid groups (broad SMARTS) is 1. The van der Waals surface area contributed by atoms with Crippen LogP contribution >= 0.6 is 0 Å². The normalized spacial score (nSPS) is 10.0. The predicted octanol–water partition coefficient (Wildman–Crippen LogP) is 0.565. The Hall–Kier alpha value is -2.24. The van der Waals surface area contributed by atoms with E-state index >= 15 is 0 Å². The molecule has 0 unspecified atom stereocenters. The summed E-state index contributed by atoms with van der Waals surface area (Å²) in [4.78, 5) is 17.6. The van der Waals surface area contributed by atoms with Gasteiger partial charge in [0, 0.05) is 12.4 Å². The van der Waals surface area contributed by atoms with Gasteiger partial charge in [-0.3, -0.25) is 0 Å². The minimum Gasteiger partial charge on any atom is -0.478 e. The smallest absolute Gasteiger partial charge is 0.338 e. The van der Waals surface area contributed by atoms with Crippen molar-refractivity contribution in [2.24, 2.45) is 0 Å². The van der Waals surface area contributed by atoms with E-state index in [9.17, 15) is 4.79 Å². The Bertz CT molecular complexity index is 452. The highest BCUT2D eigenvalue weighted by molar-refractivity contribution is 5.94. The van der Waals surface area contributed by atoms with Gasteiger partial charge in [0.15, 0.2) is 0 Å². The van der Waals surface area contributed by atoms with E-state index in [4.69, 9.17) is 5.11 Å². The van der Waals surface area contributed by atoms with E-state index in [1.807, 2.05) is 0 Å². The lowest BCUT2D eigenvalue weighted by molar-refractivity contribution is 0.0697. The number of nitrogens with one attached hydrogen (secondary N) is 1. The number of aromatic carboxylic acids is 1. The van der Waals surface area contributed by atoms with Gasteiger partial charge in [0.2, 0.25) is 0 Å². The number of hydrogen-bond donors (Lipinski definition) is 2. The van der Waals surface area contributed by atoms with Crippen LogP contribution in [-0.4, -0.2) is 31.2 Å². The summed E-state index contributed by atoms with van der Waals surface area (Å²) in [5, 5.41) is 16.0. The average molecular weight is 190 g/mol. The van der Waals surface area contributed by atoms with E-state index in [0.29, 0.717) is 11.4 Å². The van der Waals surface area contributed by atoms with Gasteiger partial charge >= 0.3 is 5.97 Å². The van der Waals surface area contributed by atoms with E-state index in [1.165, 1.54) is 12.4 Å². The van der Waals surface area contributed by atoms with Crippen molar-refractivity contribution < 1.29 is 9.90 Å². The Morgan fingerprint density at radius 1 is 1.36 bits per heavy atom. The first kappa shape index (κ1) is 8.36. The van der Waals surface area contributed by atoms with Crippen molar-refractivity contribution in [1.82, 2.24) is 20.2 Å². The van der Waals surface area contributed by atoms with Crippen LogP contribution < -0.4 is 0 Å². The van der Waals surface area contributed by atoms with Gasteiger partial charge < -0.3 is 10.1 Å². The second kappa shape index (κ2) is 3.25. The second-order valence-corrected chi connectivity index (χ2v) is 2.56. The number of hydrogen-bond acceptors (Lipinski definition) is 4. The zero-order valence-corrected chi connectivity index (χ0v) is 7.01. The zero-order chi connectivity index (χ0) is 9.97. The van der Waals surface area contributed by atoms with Crippen molar-refractivity contribution in [3.8, 4) is 11.4 Å². The van der Waals surface area contributed by atoms with Gasteiger partial charge in [-0.25, -0.2) is 9.78 Å². The molecule has 0 fully saturated rings. The SMILES string of the molecule is O=C(O)c1cnncc1-c1ncc[nH]1. The molecule has 0 aromatic carbocycles. The van der Waals surface area contributed by atoms with E-state index in [2.05, 4.69) is 20.2 Å². The third-order valence-electron chi connectivity index (χ3n) is 1.71. The quantitative estimate of drug-likeness (QED) is 0.722. The highest BCUT2D eigenvalue weighted by atomic mass is 16.4. The lowest BCUT2D eigenvalue weighted by Crippen LogP contribution is -2.02. The average Bonchev–Trinajstić information content (AvgIpc) is 2.70. The highest BCUT2D eigenvalue weighted by Crippen LogP contribution is 2.17. The minimum absolute atomic E-state index is 0.0787. The van der Waals surface area contributed by atoms with Crippen molar-refractivity contribution in [3.05, 3.63) is 30.4 Å². The molecule has 0 radical (unpaired) electrons. The van der Waals surface area contributed by atoms with Gasteiger partial charge in [-0.2, -0.15) is 10.2 Å². The number of aromatic amines is 1. The van der Waals surface area contributed by atoms with E-state index in [-0.39, 0.29) is 5.56 Å². The van der Waals surface area contributed by atoms with E-state index < -0.39 is 5.97 Å². The molecule has 0 saturated carbocycles. The van der Waals surface area contributed by atoms with Crippen molar-refractivity contribution in [2.75, 3.05) is 0 Å². The summed E-state index contributed by atoms with van der Waals surface area (Å²) in [6, 6.07) is 0. The molecule has 6 heteroatoms. The molecule has 2 heterocycles. The molecule has 0 aliphatic rings. The molecule has 0 aliphatic heterocycles. The highest BCUT2D eigenvalue weighted by Gasteiger charge is 2.13. The molecule has 2 N–H and O–H groups in total. The topological polar surface area (TPSA) is 91.8 Å². The molecule has 2 aromatic heterocycles. The molecule has 0 saturated heterocycles. The molecule has 0 amide bonds. The van der Waals surface area contributed by atoms with Gasteiger partial charge in [0.1, 0.15) is 5.82 Å². The maximum atomic E-state index is 10.8. The second-order valence-electron chi connectivity index (χ2n) is 2.56. The minimum atomic E-state index is -1.05. The number of carbonyl (C=O) groups is 1. The molecule has 0 aliphatic carbocycles. The first-order chi connectivity index (χ1) is 6.79. The fourth-order valence-electron chi connectivity index (χ4n) is 1.09. The fourth-order valence-corrected chi connectivity index (χ4v) is 1.09. The summed E-state index contributed by atoms with van der Waals surface area (Å²) in [5.74, 6) is -0.580. The predicted molar refractivity (Wildman–Crippen MR) is 46.6 cm³/mol. The summed E-state index contributed by atoms with van der Waals surface area (Å²) in [5.41, 5.74) is 0.507. The number of nitrogens with zero attached hydrogens (tertiary/aromatic N) is 3. The molecule has 14 heavy (non-hydrogen) atoms. The largest absolute Gasteiger partial charge is 0.478 e. The molecule has 0 bridgehead atoms. The van der Waals surface area contributed by atoms with Crippen molar-refractivity contribution in [1.29, 1.82) is 0 Å². The van der Waals surface area contributed by atoms with Crippen LogP contribution in [0.5, 0.6) is 0 Å². The van der Waals surface area contributed by atoms with Crippen LogP contribution in [0.15, 0.2) is 24.8 Å².